The SMILES string of the molecule is CCOC(=O)/C(C)=C(C)/C(=C/c1ccccc1)c1ccccc1. The Hall–Kier alpha value is -2.61. The van der Waals surface area contributed by atoms with Crippen LogP contribution in [0.4, 0.5) is 0 Å². The molecule has 118 valence electrons. The van der Waals surface area contributed by atoms with Gasteiger partial charge < -0.3 is 4.74 Å². The predicted molar refractivity (Wildman–Crippen MR) is 95.8 cm³/mol. The molecule has 0 unspecified atom stereocenters. The lowest BCUT2D eigenvalue weighted by atomic mass is 9.93. The van der Waals surface area contributed by atoms with Gasteiger partial charge in [-0.3, -0.25) is 0 Å². The molecule has 0 atom stereocenters. The lowest BCUT2D eigenvalue weighted by Crippen LogP contribution is -2.07. The summed E-state index contributed by atoms with van der Waals surface area (Å²) in [6.45, 7) is 5.98. The van der Waals surface area contributed by atoms with Crippen molar-refractivity contribution in [3.8, 4) is 0 Å². The fraction of sp³-hybridized carbons (Fsp3) is 0.190. The molecule has 2 aromatic rings. The van der Waals surface area contributed by atoms with Gasteiger partial charge in [-0.15, -0.1) is 0 Å². The molecule has 0 bridgehead atoms. The lowest BCUT2D eigenvalue weighted by molar-refractivity contribution is -0.138. The van der Waals surface area contributed by atoms with Crippen LogP contribution in [0.15, 0.2) is 71.8 Å². The third-order valence-corrected chi connectivity index (χ3v) is 3.74. The second-order valence-corrected chi connectivity index (χ2v) is 5.31. The number of benzene rings is 2. The summed E-state index contributed by atoms with van der Waals surface area (Å²) in [4.78, 5) is 12.1. The maximum Gasteiger partial charge on any atom is 0.333 e. The van der Waals surface area contributed by atoms with Gasteiger partial charge in [-0.2, -0.15) is 0 Å². The second kappa shape index (κ2) is 8.14. The predicted octanol–water partition coefficient (Wildman–Crippen LogP) is 5.13. The van der Waals surface area contributed by atoms with E-state index in [0.717, 1.165) is 22.3 Å². The molecule has 0 aliphatic carbocycles. The molecule has 0 fully saturated rings. The van der Waals surface area contributed by atoms with Crippen molar-refractivity contribution in [2.75, 3.05) is 6.61 Å². The summed E-state index contributed by atoms with van der Waals surface area (Å²) in [7, 11) is 0. The monoisotopic (exact) mass is 306 g/mol. The van der Waals surface area contributed by atoms with Gasteiger partial charge in [0.15, 0.2) is 0 Å². The van der Waals surface area contributed by atoms with Gasteiger partial charge in [0, 0.05) is 5.57 Å². The molecule has 0 spiro atoms. The second-order valence-electron chi connectivity index (χ2n) is 5.31. The van der Waals surface area contributed by atoms with Gasteiger partial charge in [-0.05, 0) is 49.1 Å². The molecular weight excluding hydrogens is 284 g/mol. The fourth-order valence-corrected chi connectivity index (χ4v) is 2.34. The fourth-order valence-electron chi connectivity index (χ4n) is 2.34. The maximum absolute atomic E-state index is 12.1. The van der Waals surface area contributed by atoms with Crippen LogP contribution in [-0.2, 0) is 9.53 Å². The van der Waals surface area contributed by atoms with E-state index in [-0.39, 0.29) is 5.97 Å². The van der Waals surface area contributed by atoms with Crippen LogP contribution in [0.1, 0.15) is 31.9 Å². The Labute approximate surface area is 138 Å². The van der Waals surface area contributed by atoms with E-state index in [2.05, 4.69) is 30.3 Å². The topological polar surface area (TPSA) is 26.3 Å². The van der Waals surface area contributed by atoms with Gasteiger partial charge in [-0.1, -0.05) is 60.7 Å². The normalized spacial score (nSPS) is 12.6. The lowest BCUT2D eigenvalue weighted by Gasteiger charge is -2.13. The molecule has 0 aromatic heterocycles. The maximum atomic E-state index is 12.1. The van der Waals surface area contributed by atoms with Crippen molar-refractivity contribution >= 4 is 17.6 Å². The molecule has 2 nitrogen and oxygen atoms in total. The Kier molecular flexibility index (Phi) is 5.93. The molecule has 2 heteroatoms. The number of ether oxygens (including phenoxy) is 1. The quantitative estimate of drug-likeness (QED) is 0.331. The molecule has 0 aliphatic rings. The minimum atomic E-state index is -0.264. The molecule has 0 saturated heterocycles. The van der Waals surface area contributed by atoms with E-state index in [1.54, 1.807) is 0 Å². The molecule has 0 heterocycles. The van der Waals surface area contributed by atoms with Crippen LogP contribution in [0.2, 0.25) is 0 Å². The largest absolute Gasteiger partial charge is 0.463 e. The zero-order chi connectivity index (χ0) is 16.7. The van der Waals surface area contributed by atoms with E-state index in [1.807, 2.05) is 57.2 Å². The highest BCUT2D eigenvalue weighted by Gasteiger charge is 2.13. The number of hydrogen-bond donors (Lipinski definition) is 0. The molecule has 0 radical (unpaired) electrons. The van der Waals surface area contributed by atoms with Gasteiger partial charge >= 0.3 is 5.97 Å². The highest BCUT2D eigenvalue weighted by molar-refractivity contribution is 5.98. The van der Waals surface area contributed by atoms with E-state index >= 15 is 0 Å². The van der Waals surface area contributed by atoms with Gasteiger partial charge in [0.05, 0.1) is 6.61 Å². The Morgan fingerprint density at radius 2 is 1.48 bits per heavy atom. The standard InChI is InChI=1S/C21H22O2/c1-4-23-21(22)17(3)16(2)20(19-13-9-6-10-14-19)15-18-11-7-5-8-12-18/h5-15H,4H2,1-3H3/b17-16+,20-15-. The van der Waals surface area contributed by atoms with Gasteiger partial charge in [0.2, 0.25) is 0 Å². The Balaban J connectivity index is 2.53. The summed E-state index contributed by atoms with van der Waals surface area (Å²) in [6.07, 6.45) is 2.10. The highest BCUT2D eigenvalue weighted by Crippen LogP contribution is 2.28. The average molecular weight is 306 g/mol. The summed E-state index contributed by atoms with van der Waals surface area (Å²) in [5, 5.41) is 0. The molecule has 0 N–H and O–H groups in total. The van der Waals surface area contributed by atoms with Crippen molar-refractivity contribution in [2.24, 2.45) is 0 Å². The third kappa shape index (κ3) is 4.43. The van der Waals surface area contributed by atoms with Crippen molar-refractivity contribution in [2.45, 2.75) is 20.8 Å². The van der Waals surface area contributed by atoms with Crippen molar-refractivity contribution < 1.29 is 9.53 Å². The summed E-state index contributed by atoms with van der Waals surface area (Å²) < 4.78 is 5.14. The number of esters is 1. The Morgan fingerprint density at radius 3 is 2.04 bits per heavy atom. The number of allylic oxidation sites excluding steroid dienone is 2. The van der Waals surface area contributed by atoms with Crippen molar-refractivity contribution in [3.05, 3.63) is 82.9 Å². The van der Waals surface area contributed by atoms with E-state index in [9.17, 15) is 4.79 Å². The first kappa shape index (κ1) is 16.8. The zero-order valence-electron chi connectivity index (χ0n) is 13.9. The van der Waals surface area contributed by atoms with Crippen molar-refractivity contribution in [1.82, 2.24) is 0 Å². The molecular formula is C21H22O2. The van der Waals surface area contributed by atoms with E-state index < -0.39 is 0 Å². The smallest absolute Gasteiger partial charge is 0.333 e. The minimum absolute atomic E-state index is 0.264. The molecule has 23 heavy (non-hydrogen) atoms. The number of hydrogen-bond acceptors (Lipinski definition) is 2. The Morgan fingerprint density at radius 1 is 0.913 bits per heavy atom. The first-order valence-electron chi connectivity index (χ1n) is 7.80. The van der Waals surface area contributed by atoms with E-state index in [0.29, 0.717) is 12.2 Å². The van der Waals surface area contributed by atoms with Crippen LogP contribution in [0, 0.1) is 0 Å². The molecule has 2 aromatic carbocycles. The molecule has 0 aliphatic heterocycles. The van der Waals surface area contributed by atoms with Crippen LogP contribution >= 0.6 is 0 Å². The first-order chi connectivity index (χ1) is 11.1. The number of carbonyl (C=O) groups excluding carboxylic acids is 1. The third-order valence-electron chi connectivity index (χ3n) is 3.74. The summed E-state index contributed by atoms with van der Waals surface area (Å²) >= 11 is 0. The molecule has 2 rings (SSSR count). The van der Waals surface area contributed by atoms with Gasteiger partial charge in [0.1, 0.15) is 0 Å². The summed E-state index contributed by atoms with van der Waals surface area (Å²) in [5.41, 5.74) is 4.78. The van der Waals surface area contributed by atoms with Gasteiger partial charge in [-0.25, -0.2) is 4.79 Å². The van der Waals surface area contributed by atoms with Crippen molar-refractivity contribution in [1.29, 1.82) is 0 Å². The van der Waals surface area contributed by atoms with E-state index in [1.165, 1.54) is 0 Å². The molecule has 0 saturated carbocycles. The van der Waals surface area contributed by atoms with Crippen molar-refractivity contribution in [3.63, 3.8) is 0 Å². The van der Waals surface area contributed by atoms with Gasteiger partial charge in [0.25, 0.3) is 0 Å². The minimum Gasteiger partial charge on any atom is -0.463 e. The summed E-state index contributed by atoms with van der Waals surface area (Å²) in [6, 6.07) is 20.2. The van der Waals surface area contributed by atoms with E-state index in [4.69, 9.17) is 4.74 Å². The van der Waals surface area contributed by atoms with Crippen LogP contribution in [-0.4, -0.2) is 12.6 Å². The summed E-state index contributed by atoms with van der Waals surface area (Å²) in [5.74, 6) is -0.264. The van der Waals surface area contributed by atoms with Crippen LogP contribution in [0.25, 0.3) is 11.6 Å². The Bertz CT molecular complexity index is 710. The van der Waals surface area contributed by atoms with Crippen LogP contribution < -0.4 is 0 Å². The number of rotatable bonds is 5. The highest BCUT2D eigenvalue weighted by atomic mass is 16.5. The zero-order valence-corrected chi connectivity index (χ0v) is 13.9. The first-order valence-corrected chi connectivity index (χ1v) is 7.80. The average Bonchev–Trinajstić information content (AvgIpc) is 2.60. The van der Waals surface area contributed by atoms with Crippen LogP contribution in [0.3, 0.4) is 0 Å². The van der Waals surface area contributed by atoms with Crippen LogP contribution in [0.5, 0.6) is 0 Å². The number of carbonyl (C=O) groups is 1. The molecule has 0 amide bonds.